The summed E-state index contributed by atoms with van der Waals surface area (Å²) in [5.41, 5.74) is 0. The monoisotopic (exact) mass is 775 g/mol. The van der Waals surface area contributed by atoms with E-state index in [0.29, 0.717) is 12.8 Å². The van der Waals surface area contributed by atoms with Crippen LogP contribution < -0.4 is 0 Å². The molecule has 0 radical (unpaired) electrons. The van der Waals surface area contributed by atoms with E-state index in [-0.39, 0.29) is 13.2 Å². The molecule has 0 rings (SSSR count). The summed E-state index contributed by atoms with van der Waals surface area (Å²) >= 11 is 0. The van der Waals surface area contributed by atoms with Crippen LogP contribution in [0.25, 0.3) is 0 Å². The fourth-order valence-corrected chi connectivity index (χ4v) is 5.95. The van der Waals surface area contributed by atoms with Crippen LogP contribution in [0.3, 0.4) is 0 Å². The van der Waals surface area contributed by atoms with Gasteiger partial charge in [0.2, 0.25) is 0 Å². The Morgan fingerprint density at radius 3 is 0.667 bits per heavy atom. The lowest BCUT2D eigenvalue weighted by atomic mass is 10.0. The van der Waals surface area contributed by atoms with Crippen LogP contribution in [0.15, 0.2) is 0 Å². The van der Waals surface area contributed by atoms with Crippen molar-refractivity contribution >= 4 is 11.9 Å². The molecule has 0 bridgehead atoms. The van der Waals surface area contributed by atoms with Gasteiger partial charge in [0.1, 0.15) is 0 Å². The number of aliphatic hydroxyl groups is 2. The first-order valence-electron chi connectivity index (χ1n) is 23.2. The molecule has 0 aliphatic heterocycles. The fourth-order valence-electron chi connectivity index (χ4n) is 5.95. The highest BCUT2D eigenvalue weighted by Crippen LogP contribution is 2.15. The van der Waals surface area contributed by atoms with Crippen molar-refractivity contribution < 1.29 is 30.0 Å². The third-order valence-electron chi connectivity index (χ3n) is 10.0. The zero-order chi connectivity index (χ0) is 41.2. The van der Waals surface area contributed by atoms with Crippen molar-refractivity contribution in [2.75, 3.05) is 53.5 Å². The lowest BCUT2D eigenvalue weighted by Crippen LogP contribution is -2.20. The summed E-state index contributed by atoms with van der Waals surface area (Å²) in [4.78, 5) is 24.8. The topological polar surface area (TPSA) is 122 Å². The van der Waals surface area contributed by atoms with Gasteiger partial charge in [-0.3, -0.25) is 9.59 Å². The average molecular weight is 775 g/mol. The molecule has 0 amide bonds. The van der Waals surface area contributed by atoms with Crippen LogP contribution in [0.4, 0.5) is 0 Å². The normalized spacial score (nSPS) is 10.7. The van der Waals surface area contributed by atoms with Crippen molar-refractivity contribution in [2.45, 2.75) is 233 Å². The molecule has 4 N–H and O–H groups in total. The summed E-state index contributed by atoms with van der Waals surface area (Å²) in [6.45, 7) is 12.8. The first-order chi connectivity index (χ1) is 26.2. The summed E-state index contributed by atoms with van der Waals surface area (Å²) < 4.78 is 0. The van der Waals surface area contributed by atoms with Crippen molar-refractivity contribution in [1.82, 2.24) is 9.80 Å². The number of aliphatic carboxylic acids is 2. The summed E-state index contributed by atoms with van der Waals surface area (Å²) in [6.07, 6.45) is 40.4. The quantitative estimate of drug-likeness (QED) is 0.0458. The maximum atomic E-state index is 10.3. The van der Waals surface area contributed by atoms with Gasteiger partial charge in [0.25, 0.3) is 0 Å². The van der Waals surface area contributed by atoms with Gasteiger partial charge in [0, 0.05) is 25.9 Å². The third kappa shape index (κ3) is 68.8. The number of hydrogen-bond acceptors (Lipinski definition) is 6. The second-order valence-electron chi connectivity index (χ2n) is 15.4. The maximum absolute atomic E-state index is 10.3. The van der Waals surface area contributed by atoms with E-state index in [1.807, 2.05) is 14.1 Å². The van der Waals surface area contributed by atoms with Gasteiger partial charge in [-0.05, 0) is 40.0 Å². The Labute approximate surface area is 337 Å². The molecule has 0 aromatic carbocycles. The largest absolute Gasteiger partial charge is 0.481 e. The molecule has 0 fully saturated rings. The molecule has 328 valence electrons. The molecule has 0 unspecified atom stereocenters. The predicted molar refractivity (Wildman–Crippen MR) is 235 cm³/mol. The second kappa shape index (κ2) is 56.1. The number of aliphatic hydroxyl groups excluding tert-OH is 2. The summed E-state index contributed by atoms with van der Waals surface area (Å²) in [6, 6.07) is 0. The Balaban J connectivity index is -0.000000343. The Kier molecular flexibility index (Phi) is 61.8. The first-order valence-corrected chi connectivity index (χ1v) is 23.2. The fraction of sp³-hybridized carbons (Fsp3) is 0.957. The highest BCUT2D eigenvalue weighted by atomic mass is 16.4. The van der Waals surface area contributed by atoms with Crippen LogP contribution in [0.5, 0.6) is 0 Å². The van der Waals surface area contributed by atoms with Crippen molar-refractivity contribution in [3.8, 4) is 0 Å². The molecule has 0 saturated heterocycles. The zero-order valence-electron chi connectivity index (χ0n) is 37.4. The molecule has 8 nitrogen and oxygen atoms in total. The molecule has 0 aromatic heterocycles. The highest BCUT2D eigenvalue weighted by Gasteiger charge is 1.99. The molecule has 0 aliphatic carbocycles. The molecule has 8 heteroatoms. The highest BCUT2D eigenvalue weighted by molar-refractivity contribution is 5.66. The lowest BCUT2D eigenvalue weighted by Gasteiger charge is -2.09. The van der Waals surface area contributed by atoms with E-state index in [9.17, 15) is 9.59 Å². The number of unbranched alkanes of at least 4 members (excludes halogenated alkanes) is 28. The summed E-state index contributed by atoms with van der Waals surface area (Å²) in [7, 11) is 3.96. The van der Waals surface area contributed by atoms with Crippen molar-refractivity contribution in [3.05, 3.63) is 0 Å². The average Bonchev–Trinajstić information content (AvgIpc) is 3.15. The van der Waals surface area contributed by atoms with Crippen LogP contribution in [0, 0.1) is 0 Å². The van der Waals surface area contributed by atoms with Crippen LogP contribution in [0.2, 0.25) is 0 Å². The Bertz CT molecular complexity index is 626. The minimum atomic E-state index is -0.653. The molecule has 0 aromatic rings. The standard InChI is InChI=1S/2C18H36O2.2C5H13NO/c2*1-2-3-4-5-6-7-8-9-10-11-12-13-14-15-16-17-18(19)20;2*1-3-6(2)4-5-7/h2*2-17H2,1H3,(H,19,20);2*7H,3-5H2,1-2H3. The number of hydrogen-bond donors (Lipinski definition) is 4. The number of rotatable bonds is 38. The summed E-state index contributed by atoms with van der Waals surface area (Å²) in [5, 5.41) is 33.7. The molecule has 54 heavy (non-hydrogen) atoms. The third-order valence-corrected chi connectivity index (χ3v) is 10.0. The van der Waals surface area contributed by atoms with Crippen LogP contribution in [-0.4, -0.2) is 95.7 Å². The van der Waals surface area contributed by atoms with Gasteiger partial charge >= 0.3 is 11.9 Å². The number of carboxylic acids is 2. The van der Waals surface area contributed by atoms with Crippen molar-refractivity contribution in [2.24, 2.45) is 0 Å². The molecule has 0 heterocycles. The molecular formula is C46H98N2O6. The van der Waals surface area contributed by atoms with E-state index < -0.39 is 11.9 Å². The van der Waals surface area contributed by atoms with E-state index in [0.717, 1.165) is 51.9 Å². The van der Waals surface area contributed by atoms with Crippen LogP contribution in [0.1, 0.15) is 233 Å². The van der Waals surface area contributed by atoms with Gasteiger partial charge in [0.15, 0.2) is 0 Å². The Hall–Kier alpha value is -1.22. The molecule has 0 aliphatic rings. The molecular weight excluding hydrogens is 677 g/mol. The van der Waals surface area contributed by atoms with Crippen LogP contribution in [-0.2, 0) is 9.59 Å². The van der Waals surface area contributed by atoms with E-state index in [1.165, 1.54) is 167 Å². The minimum absolute atomic E-state index is 0.268. The molecule has 0 spiro atoms. The first kappa shape index (κ1) is 59.5. The van der Waals surface area contributed by atoms with E-state index in [1.54, 1.807) is 0 Å². The van der Waals surface area contributed by atoms with Crippen LogP contribution >= 0.6 is 0 Å². The number of nitrogens with zero attached hydrogens (tertiary/aromatic N) is 2. The van der Waals surface area contributed by atoms with E-state index >= 15 is 0 Å². The zero-order valence-corrected chi connectivity index (χ0v) is 37.4. The Morgan fingerprint density at radius 2 is 0.537 bits per heavy atom. The predicted octanol–water partition coefficient (Wildman–Crippen LogP) is 12.5. The number of carboxylic acid groups (broad SMARTS) is 2. The van der Waals surface area contributed by atoms with E-state index in [4.69, 9.17) is 20.4 Å². The van der Waals surface area contributed by atoms with Gasteiger partial charge in [-0.1, -0.05) is 207 Å². The summed E-state index contributed by atoms with van der Waals surface area (Å²) in [5.74, 6) is -1.31. The van der Waals surface area contributed by atoms with E-state index in [2.05, 4.69) is 37.5 Å². The van der Waals surface area contributed by atoms with Gasteiger partial charge in [0.05, 0.1) is 13.2 Å². The number of likely N-dealkylation sites (N-methyl/N-ethyl adjacent to an activating group) is 2. The van der Waals surface area contributed by atoms with Gasteiger partial charge in [-0.25, -0.2) is 0 Å². The number of carbonyl (C=O) groups is 2. The molecule has 0 saturated carbocycles. The Morgan fingerprint density at radius 1 is 0.352 bits per heavy atom. The SMILES string of the molecule is CCCCCCCCCCCCCCCCCC(=O)O.CCCCCCCCCCCCCCCCCC(=O)O.CCN(C)CCO.CCN(C)CCO. The van der Waals surface area contributed by atoms with Gasteiger partial charge in [-0.15, -0.1) is 0 Å². The smallest absolute Gasteiger partial charge is 0.303 e. The maximum Gasteiger partial charge on any atom is 0.303 e. The minimum Gasteiger partial charge on any atom is -0.481 e. The second-order valence-corrected chi connectivity index (χ2v) is 15.4. The van der Waals surface area contributed by atoms with Gasteiger partial charge < -0.3 is 30.2 Å². The molecule has 0 atom stereocenters. The van der Waals surface area contributed by atoms with Crippen molar-refractivity contribution in [3.63, 3.8) is 0 Å². The van der Waals surface area contributed by atoms with Crippen molar-refractivity contribution in [1.29, 1.82) is 0 Å². The van der Waals surface area contributed by atoms with Gasteiger partial charge in [-0.2, -0.15) is 0 Å². The lowest BCUT2D eigenvalue weighted by molar-refractivity contribution is -0.138.